The Morgan fingerprint density at radius 2 is 1.83 bits per heavy atom. The number of hydrogen-bond acceptors (Lipinski definition) is 3. The number of carbonyl (C=O) groups is 2. The molecule has 0 aromatic carbocycles. The molecule has 0 saturated heterocycles. The van der Waals surface area contributed by atoms with Crippen molar-refractivity contribution in [1.29, 1.82) is 0 Å². The molecular formula is C14H21NO3. The van der Waals surface area contributed by atoms with Crippen molar-refractivity contribution in [3.63, 3.8) is 0 Å². The summed E-state index contributed by atoms with van der Waals surface area (Å²) in [5.41, 5.74) is 0. The van der Waals surface area contributed by atoms with E-state index in [0.29, 0.717) is 6.61 Å². The van der Waals surface area contributed by atoms with Gasteiger partial charge in [0.2, 0.25) is 0 Å². The van der Waals surface area contributed by atoms with Crippen LogP contribution in [0, 0.1) is 0 Å². The Labute approximate surface area is 108 Å². The third-order valence-corrected chi connectivity index (χ3v) is 3.07. The second kappa shape index (κ2) is 7.82. The lowest BCUT2D eigenvalue weighted by Crippen LogP contribution is -2.41. The summed E-state index contributed by atoms with van der Waals surface area (Å²) in [6, 6.07) is 0.170. The second-order valence-electron chi connectivity index (χ2n) is 4.42. The molecule has 0 unspecified atom stereocenters. The highest BCUT2D eigenvalue weighted by molar-refractivity contribution is 6.13. The van der Waals surface area contributed by atoms with E-state index in [-0.39, 0.29) is 17.9 Å². The van der Waals surface area contributed by atoms with Crippen molar-refractivity contribution in [2.24, 2.45) is 0 Å². The van der Waals surface area contributed by atoms with Gasteiger partial charge < -0.3 is 4.74 Å². The number of carbonyl (C=O) groups excluding carboxylic acids is 2. The SMILES string of the molecule is C=CCOC.O=C1C=CC(=O)N1C1CCCCC1. The van der Waals surface area contributed by atoms with Crippen LogP contribution in [0.15, 0.2) is 24.8 Å². The molecular weight excluding hydrogens is 230 g/mol. The van der Waals surface area contributed by atoms with Gasteiger partial charge in [0.25, 0.3) is 11.8 Å². The summed E-state index contributed by atoms with van der Waals surface area (Å²) in [5, 5.41) is 0. The molecule has 18 heavy (non-hydrogen) atoms. The maximum atomic E-state index is 11.3. The van der Waals surface area contributed by atoms with Crippen LogP contribution in [0.4, 0.5) is 0 Å². The fraction of sp³-hybridized carbons (Fsp3) is 0.571. The maximum Gasteiger partial charge on any atom is 0.253 e. The van der Waals surface area contributed by atoms with E-state index in [4.69, 9.17) is 0 Å². The van der Waals surface area contributed by atoms with Crippen LogP contribution in [0.5, 0.6) is 0 Å². The molecule has 1 heterocycles. The zero-order chi connectivity index (χ0) is 13.4. The number of amides is 2. The molecule has 0 spiro atoms. The van der Waals surface area contributed by atoms with Crippen molar-refractivity contribution in [3.05, 3.63) is 24.8 Å². The van der Waals surface area contributed by atoms with E-state index in [9.17, 15) is 9.59 Å². The van der Waals surface area contributed by atoms with Crippen molar-refractivity contribution in [2.75, 3.05) is 13.7 Å². The van der Waals surface area contributed by atoms with Crippen LogP contribution in [0.25, 0.3) is 0 Å². The summed E-state index contributed by atoms with van der Waals surface area (Å²) in [5.74, 6) is -0.256. The van der Waals surface area contributed by atoms with E-state index in [1.807, 2.05) is 0 Å². The molecule has 2 amide bonds. The summed E-state index contributed by atoms with van der Waals surface area (Å²) < 4.78 is 4.57. The summed E-state index contributed by atoms with van der Waals surface area (Å²) >= 11 is 0. The number of imide groups is 1. The highest BCUT2D eigenvalue weighted by Crippen LogP contribution is 2.24. The molecule has 0 bridgehead atoms. The molecule has 1 aliphatic carbocycles. The first kappa shape index (κ1) is 14.6. The van der Waals surface area contributed by atoms with Crippen molar-refractivity contribution in [3.8, 4) is 0 Å². The van der Waals surface area contributed by atoms with Crippen LogP contribution in [-0.2, 0) is 14.3 Å². The minimum atomic E-state index is -0.128. The molecule has 1 fully saturated rings. The second-order valence-corrected chi connectivity index (χ2v) is 4.42. The summed E-state index contributed by atoms with van der Waals surface area (Å²) in [4.78, 5) is 24.0. The summed E-state index contributed by atoms with van der Waals surface area (Å²) in [7, 11) is 1.64. The summed E-state index contributed by atoms with van der Waals surface area (Å²) in [6.45, 7) is 4.08. The van der Waals surface area contributed by atoms with E-state index in [1.54, 1.807) is 13.2 Å². The Morgan fingerprint density at radius 1 is 1.28 bits per heavy atom. The van der Waals surface area contributed by atoms with E-state index in [0.717, 1.165) is 25.7 Å². The highest BCUT2D eigenvalue weighted by Gasteiger charge is 2.31. The molecule has 4 nitrogen and oxygen atoms in total. The first-order chi connectivity index (χ1) is 8.70. The van der Waals surface area contributed by atoms with Gasteiger partial charge >= 0.3 is 0 Å². The minimum absolute atomic E-state index is 0.128. The Balaban J connectivity index is 0.000000280. The van der Waals surface area contributed by atoms with Gasteiger partial charge in [-0.25, -0.2) is 0 Å². The van der Waals surface area contributed by atoms with E-state index < -0.39 is 0 Å². The van der Waals surface area contributed by atoms with Crippen LogP contribution in [0.1, 0.15) is 32.1 Å². The topological polar surface area (TPSA) is 46.6 Å². The predicted molar refractivity (Wildman–Crippen MR) is 69.9 cm³/mol. The molecule has 2 aliphatic rings. The van der Waals surface area contributed by atoms with Crippen molar-refractivity contribution in [2.45, 2.75) is 38.1 Å². The number of methoxy groups -OCH3 is 1. The molecule has 1 aliphatic heterocycles. The van der Waals surface area contributed by atoms with Gasteiger partial charge in [-0.05, 0) is 12.8 Å². The van der Waals surface area contributed by atoms with E-state index in [1.165, 1.54) is 23.5 Å². The maximum absolute atomic E-state index is 11.3. The molecule has 100 valence electrons. The fourth-order valence-corrected chi connectivity index (χ4v) is 2.23. The molecule has 0 aromatic heterocycles. The zero-order valence-corrected chi connectivity index (χ0v) is 10.9. The number of hydrogen-bond donors (Lipinski definition) is 0. The van der Waals surface area contributed by atoms with Gasteiger partial charge in [-0.15, -0.1) is 6.58 Å². The molecule has 0 aromatic rings. The number of rotatable bonds is 3. The van der Waals surface area contributed by atoms with Crippen LogP contribution in [0.2, 0.25) is 0 Å². The first-order valence-corrected chi connectivity index (χ1v) is 6.35. The lowest BCUT2D eigenvalue weighted by atomic mass is 9.94. The van der Waals surface area contributed by atoms with Gasteiger partial charge in [-0.3, -0.25) is 14.5 Å². The molecule has 2 rings (SSSR count). The van der Waals surface area contributed by atoms with Gasteiger partial charge in [-0.2, -0.15) is 0 Å². The predicted octanol–water partition coefficient (Wildman–Crippen LogP) is 2.06. The van der Waals surface area contributed by atoms with Crippen molar-refractivity contribution in [1.82, 2.24) is 4.90 Å². The average Bonchev–Trinajstić information content (AvgIpc) is 2.72. The average molecular weight is 251 g/mol. The first-order valence-electron chi connectivity index (χ1n) is 6.35. The highest BCUT2D eigenvalue weighted by atomic mass is 16.5. The van der Waals surface area contributed by atoms with Crippen LogP contribution < -0.4 is 0 Å². The van der Waals surface area contributed by atoms with Crippen molar-refractivity contribution >= 4 is 11.8 Å². The largest absolute Gasteiger partial charge is 0.381 e. The van der Waals surface area contributed by atoms with Crippen molar-refractivity contribution < 1.29 is 14.3 Å². The van der Waals surface area contributed by atoms with E-state index in [2.05, 4.69) is 11.3 Å². The third kappa shape index (κ3) is 4.11. The normalized spacial score (nSPS) is 19.7. The zero-order valence-electron chi connectivity index (χ0n) is 10.9. The molecule has 0 radical (unpaired) electrons. The van der Waals surface area contributed by atoms with Gasteiger partial charge in [0, 0.05) is 25.3 Å². The molecule has 0 atom stereocenters. The van der Waals surface area contributed by atoms with Crippen LogP contribution >= 0.6 is 0 Å². The summed E-state index contributed by atoms with van der Waals surface area (Å²) in [6.07, 6.45) is 9.94. The van der Waals surface area contributed by atoms with Gasteiger partial charge in [0.05, 0.1) is 6.61 Å². The molecule has 1 saturated carbocycles. The third-order valence-electron chi connectivity index (χ3n) is 3.07. The lowest BCUT2D eigenvalue weighted by Gasteiger charge is -2.29. The van der Waals surface area contributed by atoms with E-state index >= 15 is 0 Å². The number of nitrogens with zero attached hydrogens (tertiary/aromatic N) is 1. The van der Waals surface area contributed by atoms with Crippen LogP contribution in [-0.4, -0.2) is 36.5 Å². The van der Waals surface area contributed by atoms with Gasteiger partial charge in [-0.1, -0.05) is 25.3 Å². The van der Waals surface area contributed by atoms with Crippen LogP contribution in [0.3, 0.4) is 0 Å². The molecule has 4 heteroatoms. The van der Waals surface area contributed by atoms with Gasteiger partial charge in [0.1, 0.15) is 0 Å². The smallest absolute Gasteiger partial charge is 0.253 e. The monoisotopic (exact) mass is 251 g/mol. The quantitative estimate of drug-likeness (QED) is 0.570. The number of ether oxygens (including phenoxy) is 1. The minimum Gasteiger partial charge on any atom is -0.381 e. The van der Waals surface area contributed by atoms with Gasteiger partial charge in [0.15, 0.2) is 0 Å². The Bertz CT molecular complexity index is 312. The Hall–Kier alpha value is -1.42. The fourth-order valence-electron chi connectivity index (χ4n) is 2.23. The Kier molecular flexibility index (Phi) is 6.36. The lowest BCUT2D eigenvalue weighted by molar-refractivity contribution is -0.140. The standard InChI is InChI=1S/C10H13NO2.C4H8O/c12-9-6-7-10(13)11(9)8-4-2-1-3-5-8;1-3-4-5-2/h6-8H,1-5H2;3H,1,4H2,2H3. The Morgan fingerprint density at radius 3 is 2.22 bits per heavy atom. The molecule has 0 N–H and O–H groups in total.